The van der Waals surface area contributed by atoms with Crippen LogP contribution < -0.4 is 0 Å². The monoisotopic (exact) mass is 414 g/mol. The lowest BCUT2D eigenvalue weighted by atomic mass is 9.99. The number of esters is 1. The molecule has 1 aromatic carbocycles. The van der Waals surface area contributed by atoms with Crippen LogP contribution in [0.2, 0.25) is 0 Å². The second-order valence-electron chi connectivity index (χ2n) is 7.10. The Labute approximate surface area is 177 Å². The second-order valence-corrected chi connectivity index (χ2v) is 7.10. The maximum Gasteiger partial charge on any atom is 0.355 e. The zero-order valence-corrected chi connectivity index (χ0v) is 18.3. The van der Waals surface area contributed by atoms with E-state index in [-0.39, 0.29) is 24.0 Å². The Hall–Kier alpha value is -2.93. The highest BCUT2D eigenvalue weighted by Crippen LogP contribution is 2.23. The fourth-order valence-corrected chi connectivity index (χ4v) is 3.47. The topological polar surface area (TPSA) is 88.7 Å². The number of aromatic nitrogens is 1. The number of ketones is 1. The molecule has 30 heavy (non-hydrogen) atoms. The van der Waals surface area contributed by atoms with Crippen LogP contribution in [-0.4, -0.2) is 60.5 Å². The number of aryl methyl sites for hydroxylation is 1. The molecular weight excluding hydrogens is 384 g/mol. The quantitative estimate of drug-likeness (QED) is 0.365. The van der Waals surface area contributed by atoms with Gasteiger partial charge in [0, 0.05) is 37.1 Å². The number of rotatable bonds is 10. The molecule has 2 aromatic rings. The first-order chi connectivity index (χ1) is 14.3. The molecule has 2 rings (SSSR count). The van der Waals surface area contributed by atoms with Gasteiger partial charge in [0.05, 0.1) is 12.6 Å². The van der Waals surface area contributed by atoms with Crippen molar-refractivity contribution in [3.05, 3.63) is 58.4 Å². The number of nitrogens with one attached hydrogen (secondary N) is 1. The van der Waals surface area contributed by atoms with Crippen molar-refractivity contribution in [3.63, 3.8) is 0 Å². The number of benzene rings is 1. The van der Waals surface area contributed by atoms with E-state index in [1.807, 2.05) is 6.07 Å². The van der Waals surface area contributed by atoms with E-state index < -0.39 is 12.0 Å². The lowest BCUT2D eigenvalue weighted by Crippen LogP contribution is -2.44. The summed E-state index contributed by atoms with van der Waals surface area (Å²) in [5, 5.41) is 0. The minimum Gasteiger partial charge on any atom is -0.461 e. The summed E-state index contributed by atoms with van der Waals surface area (Å²) in [4.78, 5) is 43.2. The summed E-state index contributed by atoms with van der Waals surface area (Å²) in [6.07, 6.45) is 0.603. The molecule has 1 heterocycles. The molecule has 0 saturated heterocycles. The van der Waals surface area contributed by atoms with Gasteiger partial charge in [-0.25, -0.2) is 4.79 Å². The molecule has 7 nitrogen and oxygen atoms in total. The van der Waals surface area contributed by atoms with Crippen LogP contribution in [0.25, 0.3) is 0 Å². The molecule has 0 unspecified atom stereocenters. The van der Waals surface area contributed by atoms with E-state index in [1.54, 1.807) is 64.0 Å². The van der Waals surface area contributed by atoms with Gasteiger partial charge < -0.3 is 19.4 Å². The first-order valence-electron chi connectivity index (χ1n) is 10.1. The average molecular weight is 415 g/mol. The summed E-state index contributed by atoms with van der Waals surface area (Å²) in [7, 11) is 1.60. The summed E-state index contributed by atoms with van der Waals surface area (Å²) in [6.45, 7) is 8.00. The number of ether oxygens (including phenoxy) is 2. The summed E-state index contributed by atoms with van der Waals surface area (Å²) in [5.74, 6) is -0.940. The van der Waals surface area contributed by atoms with Crippen molar-refractivity contribution in [2.24, 2.45) is 0 Å². The van der Waals surface area contributed by atoms with Gasteiger partial charge >= 0.3 is 5.97 Å². The molecule has 1 amide bonds. The Kier molecular flexibility index (Phi) is 8.35. The Bertz CT molecular complexity index is 888. The zero-order chi connectivity index (χ0) is 22.3. The van der Waals surface area contributed by atoms with Crippen LogP contribution in [0.5, 0.6) is 0 Å². The standard InChI is InChI=1S/C23H30N2O5/c1-6-30-23(28)20-15(2)19(16(3)24-20)21(26)17(4)25(13-10-14-29-5)22(27)18-11-8-7-9-12-18/h7-9,11-12,17,24H,6,10,13-14H2,1-5H3/t17-/m1/s1. The second kappa shape index (κ2) is 10.7. The predicted octanol–water partition coefficient (Wildman–Crippen LogP) is 3.56. The Morgan fingerprint density at radius 2 is 1.80 bits per heavy atom. The molecule has 0 aliphatic heterocycles. The van der Waals surface area contributed by atoms with Crippen molar-refractivity contribution in [3.8, 4) is 0 Å². The molecular formula is C23H30N2O5. The molecule has 0 bridgehead atoms. The van der Waals surface area contributed by atoms with E-state index in [0.29, 0.717) is 42.0 Å². The van der Waals surface area contributed by atoms with Gasteiger partial charge in [0.15, 0.2) is 5.78 Å². The molecule has 1 N–H and O–H groups in total. The normalized spacial score (nSPS) is 11.8. The van der Waals surface area contributed by atoms with Crippen molar-refractivity contribution in [2.45, 2.75) is 40.2 Å². The van der Waals surface area contributed by atoms with Gasteiger partial charge in [-0.1, -0.05) is 18.2 Å². The third-order valence-electron chi connectivity index (χ3n) is 5.04. The van der Waals surface area contributed by atoms with Gasteiger partial charge in [-0.3, -0.25) is 9.59 Å². The number of hydrogen-bond donors (Lipinski definition) is 1. The van der Waals surface area contributed by atoms with E-state index in [9.17, 15) is 14.4 Å². The van der Waals surface area contributed by atoms with Crippen LogP contribution in [0.15, 0.2) is 30.3 Å². The first-order valence-corrected chi connectivity index (χ1v) is 10.1. The van der Waals surface area contributed by atoms with E-state index in [1.165, 1.54) is 0 Å². The molecule has 0 fully saturated rings. The van der Waals surface area contributed by atoms with Crippen LogP contribution in [0.1, 0.15) is 62.7 Å². The minimum absolute atomic E-state index is 0.219. The van der Waals surface area contributed by atoms with Crippen LogP contribution >= 0.6 is 0 Å². The van der Waals surface area contributed by atoms with Crippen molar-refractivity contribution in [1.82, 2.24) is 9.88 Å². The number of carbonyl (C=O) groups excluding carboxylic acids is 3. The molecule has 0 aliphatic carbocycles. The predicted molar refractivity (Wildman–Crippen MR) is 114 cm³/mol. The van der Waals surface area contributed by atoms with Gasteiger partial charge in [0.25, 0.3) is 5.91 Å². The molecule has 1 aromatic heterocycles. The van der Waals surface area contributed by atoms with Gasteiger partial charge in [-0.2, -0.15) is 0 Å². The number of amides is 1. The van der Waals surface area contributed by atoms with Crippen LogP contribution in [0.4, 0.5) is 0 Å². The SMILES string of the molecule is CCOC(=O)c1[nH]c(C)c(C(=O)[C@@H](C)N(CCCOC)C(=O)c2ccccc2)c1C. The summed E-state index contributed by atoms with van der Waals surface area (Å²) in [5.41, 5.74) is 2.32. The highest BCUT2D eigenvalue weighted by Gasteiger charge is 2.31. The highest BCUT2D eigenvalue weighted by molar-refractivity contribution is 6.07. The molecule has 0 radical (unpaired) electrons. The summed E-state index contributed by atoms with van der Waals surface area (Å²) >= 11 is 0. The molecule has 0 saturated carbocycles. The number of aromatic amines is 1. The largest absolute Gasteiger partial charge is 0.461 e. The molecule has 0 aliphatic rings. The lowest BCUT2D eigenvalue weighted by Gasteiger charge is -2.29. The van der Waals surface area contributed by atoms with Crippen molar-refractivity contribution in [1.29, 1.82) is 0 Å². The van der Waals surface area contributed by atoms with E-state index in [0.717, 1.165) is 0 Å². The van der Waals surface area contributed by atoms with Gasteiger partial charge in [-0.05, 0) is 51.8 Å². The van der Waals surface area contributed by atoms with Gasteiger partial charge in [0.2, 0.25) is 0 Å². The lowest BCUT2D eigenvalue weighted by molar-refractivity contribution is 0.0518. The Morgan fingerprint density at radius 1 is 1.13 bits per heavy atom. The van der Waals surface area contributed by atoms with Crippen molar-refractivity contribution >= 4 is 17.7 Å². The highest BCUT2D eigenvalue weighted by atomic mass is 16.5. The number of carbonyl (C=O) groups is 3. The number of methoxy groups -OCH3 is 1. The third kappa shape index (κ3) is 5.16. The van der Waals surface area contributed by atoms with E-state index in [4.69, 9.17) is 9.47 Å². The van der Waals surface area contributed by atoms with Crippen molar-refractivity contribution < 1.29 is 23.9 Å². The Morgan fingerprint density at radius 3 is 2.40 bits per heavy atom. The number of Topliss-reactive ketones (excluding diaryl/α,β-unsaturated/α-hetero) is 1. The molecule has 0 spiro atoms. The van der Waals surface area contributed by atoms with Crippen molar-refractivity contribution in [2.75, 3.05) is 26.9 Å². The van der Waals surface area contributed by atoms with Gasteiger partial charge in [0.1, 0.15) is 5.69 Å². The van der Waals surface area contributed by atoms with Crippen LogP contribution in [-0.2, 0) is 9.47 Å². The molecule has 162 valence electrons. The van der Waals surface area contributed by atoms with E-state index in [2.05, 4.69) is 4.98 Å². The van der Waals surface area contributed by atoms with Gasteiger partial charge in [-0.15, -0.1) is 0 Å². The van der Waals surface area contributed by atoms with Crippen LogP contribution in [0, 0.1) is 13.8 Å². The average Bonchev–Trinajstić information content (AvgIpc) is 3.04. The number of hydrogen-bond acceptors (Lipinski definition) is 5. The fourth-order valence-electron chi connectivity index (χ4n) is 3.47. The third-order valence-corrected chi connectivity index (χ3v) is 5.04. The fraction of sp³-hybridized carbons (Fsp3) is 0.435. The van der Waals surface area contributed by atoms with E-state index >= 15 is 0 Å². The summed E-state index contributed by atoms with van der Waals surface area (Å²) in [6, 6.07) is 8.17. The van der Waals surface area contributed by atoms with Crippen LogP contribution in [0.3, 0.4) is 0 Å². The smallest absolute Gasteiger partial charge is 0.355 e. The Balaban J connectivity index is 2.35. The first kappa shape index (κ1) is 23.3. The maximum atomic E-state index is 13.4. The number of H-pyrrole nitrogens is 1. The zero-order valence-electron chi connectivity index (χ0n) is 18.3. The minimum atomic E-state index is -0.710. The molecule has 1 atom stereocenters. The number of nitrogens with zero attached hydrogens (tertiary/aromatic N) is 1. The summed E-state index contributed by atoms with van der Waals surface area (Å²) < 4.78 is 10.2. The maximum absolute atomic E-state index is 13.4. The molecule has 7 heteroatoms.